The number of hydrogen-bond donors (Lipinski definition) is 1. The lowest BCUT2D eigenvalue weighted by atomic mass is 10.0. The first-order valence-electron chi connectivity index (χ1n) is 5.70. The third-order valence-corrected chi connectivity index (χ3v) is 3.09. The van der Waals surface area contributed by atoms with Crippen molar-refractivity contribution in [2.24, 2.45) is 11.7 Å². The van der Waals surface area contributed by atoms with Crippen LogP contribution in [0.3, 0.4) is 0 Å². The Kier molecular flexibility index (Phi) is 4.89. The van der Waals surface area contributed by atoms with E-state index >= 15 is 0 Å². The molecule has 1 aliphatic heterocycles. The molecule has 1 rings (SSSR count). The second-order valence-corrected chi connectivity index (χ2v) is 4.24. The molecule has 0 aliphatic carbocycles. The Labute approximate surface area is 95.9 Å². The lowest BCUT2D eigenvalue weighted by molar-refractivity contribution is -0.133. The minimum Gasteiger partial charge on any atom is -0.378 e. The molecule has 0 spiro atoms. The standard InChI is InChI=1S/C11H20N2O3/c1-3-8(2)10(14)6-13-4-5-16-7-9(13)11(12)15/h8-9H,3-7H2,1-2H3,(H2,12,15). The molecule has 2 unspecified atom stereocenters. The Morgan fingerprint density at radius 2 is 2.25 bits per heavy atom. The highest BCUT2D eigenvalue weighted by atomic mass is 16.5. The topological polar surface area (TPSA) is 72.6 Å². The highest BCUT2D eigenvalue weighted by Gasteiger charge is 2.29. The van der Waals surface area contributed by atoms with E-state index in [4.69, 9.17) is 10.5 Å². The van der Waals surface area contributed by atoms with Crippen molar-refractivity contribution in [3.63, 3.8) is 0 Å². The number of carbonyl (C=O) groups excluding carboxylic acids is 2. The smallest absolute Gasteiger partial charge is 0.237 e. The minimum atomic E-state index is -0.457. The normalized spacial score (nSPS) is 24.0. The average molecular weight is 228 g/mol. The number of amides is 1. The number of primary amides is 1. The molecular formula is C11H20N2O3. The molecule has 0 radical (unpaired) electrons. The van der Waals surface area contributed by atoms with E-state index in [0.29, 0.717) is 26.3 Å². The van der Waals surface area contributed by atoms with Gasteiger partial charge in [0.2, 0.25) is 5.91 Å². The van der Waals surface area contributed by atoms with E-state index < -0.39 is 11.9 Å². The molecule has 5 nitrogen and oxygen atoms in total. The first-order chi connectivity index (χ1) is 7.56. The quantitative estimate of drug-likeness (QED) is 0.706. The maximum atomic E-state index is 11.8. The van der Waals surface area contributed by atoms with Crippen molar-refractivity contribution in [2.75, 3.05) is 26.3 Å². The van der Waals surface area contributed by atoms with Crippen molar-refractivity contribution in [1.29, 1.82) is 0 Å². The number of carbonyl (C=O) groups is 2. The molecule has 2 N–H and O–H groups in total. The molecule has 1 saturated heterocycles. The van der Waals surface area contributed by atoms with Crippen LogP contribution in [0.2, 0.25) is 0 Å². The minimum absolute atomic E-state index is 0.0383. The third-order valence-electron chi connectivity index (χ3n) is 3.09. The lowest BCUT2D eigenvalue weighted by Crippen LogP contribution is -2.54. The van der Waals surface area contributed by atoms with E-state index in [9.17, 15) is 9.59 Å². The summed E-state index contributed by atoms with van der Waals surface area (Å²) in [5, 5.41) is 0. The largest absolute Gasteiger partial charge is 0.378 e. The number of nitrogens with two attached hydrogens (primary N) is 1. The zero-order chi connectivity index (χ0) is 12.1. The predicted molar refractivity (Wildman–Crippen MR) is 59.8 cm³/mol. The summed E-state index contributed by atoms with van der Waals surface area (Å²) in [6.07, 6.45) is 0.824. The van der Waals surface area contributed by atoms with Crippen molar-refractivity contribution < 1.29 is 14.3 Å². The van der Waals surface area contributed by atoms with Crippen LogP contribution in [0.1, 0.15) is 20.3 Å². The number of nitrogens with zero attached hydrogens (tertiary/aromatic N) is 1. The molecule has 0 aromatic rings. The van der Waals surface area contributed by atoms with Gasteiger partial charge in [-0.05, 0) is 6.42 Å². The first-order valence-corrected chi connectivity index (χ1v) is 5.70. The summed E-state index contributed by atoms with van der Waals surface area (Å²) in [7, 11) is 0. The summed E-state index contributed by atoms with van der Waals surface area (Å²) in [4.78, 5) is 24.8. The number of ketones is 1. The van der Waals surface area contributed by atoms with Crippen LogP contribution in [0.5, 0.6) is 0 Å². The monoisotopic (exact) mass is 228 g/mol. The molecular weight excluding hydrogens is 208 g/mol. The highest BCUT2D eigenvalue weighted by molar-refractivity contribution is 5.84. The number of ether oxygens (including phenoxy) is 1. The van der Waals surface area contributed by atoms with Gasteiger partial charge in [-0.1, -0.05) is 13.8 Å². The molecule has 2 atom stereocenters. The molecule has 92 valence electrons. The Morgan fingerprint density at radius 3 is 2.81 bits per heavy atom. The summed E-state index contributed by atoms with van der Waals surface area (Å²) >= 11 is 0. The summed E-state index contributed by atoms with van der Waals surface area (Å²) in [6.45, 7) is 5.62. The van der Waals surface area contributed by atoms with Crippen LogP contribution in [0.4, 0.5) is 0 Å². The summed E-state index contributed by atoms with van der Waals surface area (Å²) in [5.41, 5.74) is 5.27. The molecule has 1 aliphatic rings. The summed E-state index contributed by atoms with van der Waals surface area (Å²) in [5.74, 6) is -0.219. The van der Waals surface area contributed by atoms with Gasteiger partial charge < -0.3 is 10.5 Å². The molecule has 0 bridgehead atoms. The third kappa shape index (κ3) is 3.28. The number of rotatable bonds is 5. The Bertz CT molecular complexity index is 268. The van der Waals surface area contributed by atoms with Gasteiger partial charge in [-0.15, -0.1) is 0 Å². The van der Waals surface area contributed by atoms with Crippen LogP contribution in [0.25, 0.3) is 0 Å². The Morgan fingerprint density at radius 1 is 1.56 bits per heavy atom. The van der Waals surface area contributed by atoms with Crippen molar-refractivity contribution in [1.82, 2.24) is 4.90 Å². The van der Waals surface area contributed by atoms with Crippen LogP contribution in [0, 0.1) is 5.92 Å². The maximum Gasteiger partial charge on any atom is 0.237 e. The molecule has 0 aromatic carbocycles. The SMILES string of the molecule is CCC(C)C(=O)CN1CCOCC1C(N)=O. The van der Waals surface area contributed by atoms with Gasteiger partial charge in [0.1, 0.15) is 11.8 Å². The maximum absolute atomic E-state index is 11.8. The van der Waals surface area contributed by atoms with Crippen LogP contribution < -0.4 is 5.73 Å². The van der Waals surface area contributed by atoms with E-state index in [2.05, 4.69) is 0 Å². The van der Waals surface area contributed by atoms with Gasteiger partial charge in [-0.25, -0.2) is 0 Å². The van der Waals surface area contributed by atoms with Crippen LogP contribution in [-0.4, -0.2) is 48.9 Å². The fourth-order valence-corrected chi connectivity index (χ4v) is 1.67. The molecule has 0 saturated carbocycles. The number of hydrogen-bond acceptors (Lipinski definition) is 4. The lowest BCUT2D eigenvalue weighted by Gasteiger charge is -2.33. The molecule has 5 heteroatoms. The first kappa shape index (κ1) is 13.1. The Balaban J connectivity index is 2.56. The van der Waals surface area contributed by atoms with Gasteiger partial charge in [0.05, 0.1) is 19.8 Å². The molecule has 1 fully saturated rings. The zero-order valence-electron chi connectivity index (χ0n) is 9.94. The van der Waals surface area contributed by atoms with Crippen molar-refractivity contribution in [3.8, 4) is 0 Å². The van der Waals surface area contributed by atoms with Gasteiger partial charge in [0, 0.05) is 12.5 Å². The van der Waals surface area contributed by atoms with Crippen molar-refractivity contribution in [2.45, 2.75) is 26.3 Å². The second kappa shape index (κ2) is 5.96. The fourth-order valence-electron chi connectivity index (χ4n) is 1.67. The van der Waals surface area contributed by atoms with Crippen LogP contribution in [0.15, 0.2) is 0 Å². The summed E-state index contributed by atoms with van der Waals surface area (Å²) in [6, 6.07) is -0.457. The van der Waals surface area contributed by atoms with E-state index in [1.807, 2.05) is 18.7 Å². The van der Waals surface area contributed by atoms with Gasteiger partial charge in [0.25, 0.3) is 0 Å². The van der Waals surface area contributed by atoms with Crippen LogP contribution >= 0.6 is 0 Å². The van der Waals surface area contributed by atoms with E-state index in [-0.39, 0.29) is 11.7 Å². The van der Waals surface area contributed by atoms with Gasteiger partial charge in [0.15, 0.2) is 0 Å². The van der Waals surface area contributed by atoms with E-state index in [1.165, 1.54) is 0 Å². The van der Waals surface area contributed by atoms with Gasteiger partial charge in [-0.2, -0.15) is 0 Å². The fraction of sp³-hybridized carbons (Fsp3) is 0.818. The second-order valence-electron chi connectivity index (χ2n) is 4.24. The van der Waals surface area contributed by atoms with Crippen molar-refractivity contribution >= 4 is 11.7 Å². The van der Waals surface area contributed by atoms with Crippen LogP contribution in [-0.2, 0) is 14.3 Å². The molecule has 0 aromatic heterocycles. The number of morpholine rings is 1. The number of Topliss-reactive ketones (excluding diaryl/α,β-unsaturated/α-hetero) is 1. The predicted octanol–water partition coefficient (Wildman–Crippen LogP) is -0.212. The highest BCUT2D eigenvalue weighted by Crippen LogP contribution is 2.10. The van der Waals surface area contributed by atoms with E-state index in [1.54, 1.807) is 0 Å². The molecule has 1 heterocycles. The van der Waals surface area contributed by atoms with Gasteiger partial charge >= 0.3 is 0 Å². The van der Waals surface area contributed by atoms with E-state index in [0.717, 1.165) is 6.42 Å². The zero-order valence-corrected chi connectivity index (χ0v) is 9.94. The van der Waals surface area contributed by atoms with Gasteiger partial charge in [-0.3, -0.25) is 14.5 Å². The molecule has 16 heavy (non-hydrogen) atoms. The molecule has 1 amide bonds. The van der Waals surface area contributed by atoms with Crippen molar-refractivity contribution in [3.05, 3.63) is 0 Å². The summed E-state index contributed by atoms with van der Waals surface area (Å²) < 4.78 is 5.19. The average Bonchev–Trinajstić information content (AvgIpc) is 2.28. The Hall–Kier alpha value is -0.940.